The SMILES string of the molecule is Cc1cc(CCO)ccc1NC1=C(C(=O)C2CCC2)C(=O)/C(=C/c2c[nH]c3ncccc23)O1. The molecule has 7 heteroatoms. The number of hydrogen-bond donors (Lipinski definition) is 3. The van der Waals surface area contributed by atoms with Gasteiger partial charge < -0.3 is 20.1 Å². The fourth-order valence-electron chi connectivity index (χ4n) is 4.23. The summed E-state index contributed by atoms with van der Waals surface area (Å²) in [7, 11) is 0. The zero-order valence-corrected chi connectivity index (χ0v) is 18.4. The van der Waals surface area contributed by atoms with Crippen LogP contribution in [0, 0.1) is 12.8 Å². The maximum atomic E-state index is 13.3. The standard InChI is InChI=1S/C26H25N3O4/c1-15-12-16(9-11-30)7-8-20(15)29-26-22(23(31)17-4-2-5-17)24(32)21(33-26)13-18-14-28-25-19(18)6-3-10-27-25/h3,6-8,10,12-14,17,29-30H,2,4-5,9,11H2,1H3,(H,27,28)/b21-13-. The van der Waals surface area contributed by atoms with Crippen LogP contribution in [0.4, 0.5) is 5.69 Å². The molecule has 0 unspecified atom stereocenters. The number of aliphatic hydroxyl groups is 1. The van der Waals surface area contributed by atoms with Crippen molar-refractivity contribution in [1.82, 2.24) is 9.97 Å². The van der Waals surface area contributed by atoms with Gasteiger partial charge in [0.05, 0.1) is 0 Å². The highest BCUT2D eigenvalue weighted by Gasteiger charge is 2.40. The van der Waals surface area contributed by atoms with Crippen LogP contribution >= 0.6 is 0 Å². The summed E-state index contributed by atoms with van der Waals surface area (Å²) in [4.78, 5) is 33.8. The lowest BCUT2D eigenvalue weighted by molar-refractivity contribution is -0.124. The Morgan fingerprint density at radius 2 is 2.18 bits per heavy atom. The van der Waals surface area contributed by atoms with Gasteiger partial charge in [-0.2, -0.15) is 0 Å². The van der Waals surface area contributed by atoms with Crippen molar-refractivity contribution in [2.24, 2.45) is 5.92 Å². The zero-order chi connectivity index (χ0) is 22.9. The van der Waals surface area contributed by atoms with Gasteiger partial charge in [0.1, 0.15) is 11.2 Å². The van der Waals surface area contributed by atoms with Crippen LogP contribution in [0.5, 0.6) is 0 Å². The first-order chi connectivity index (χ1) is 16.0. The lowest BCUT2D eigenvalue weighted by Gasteiger charge is -2.23. The number of Topliss-reactive ketones (excluding diaryl/α,β-unsaturated/α-hetero) is 2. The first-order valence-electron chi connectivity index (χ1n) is 11.2. The molecule has 3 heterocycles. The summed E-state index contributed by atoms with van der Waals surface area (Å²) in [6.07, 6.45) is 8.28. The Kier molecular flexibility index (Phi) is 5.56. The summed E-state index contributed by atoms with van der Waals surface area (Å²) in [6.45, 7) is 2.01. The molecule has 1 aromatic carbocycles. The van der Waals surface area contributed by atoms with E-state index in [1.807, 2.05) is 37.3 Å². The fraction of sp³-hybridized carbons (Fsp3) is 0.269. The highest BCUT2D eigenvalue weighted by molar-refractivity contribution is 6.29. The molecule has 1 aliphatic heterocycles. The molecule has 33 heavy (non-hydrogen) atoms. The van der Waals surface area contributed by atoms with Crippen molar-refractivity contribution >= 4 is 34.4 Å². The lowest BCUT2D eigenvalue weighted by atomic mass is 9.79. The van der Waals surface area contributed by atoms with Gasteiger partial charge in [-0.1, -0.05) is 18.6 Å². The van der Waals surface area contributed by atoms with E-state index in [4.69, 9.17) is 4.74 Å². The number of anilines is 1. The molecule has 168 valence electrons. The maximum absolute atomic E-state index is 13.3. The van der Waals surface area contributed by atoms with Gasteiger partial charge in [0.25, 0.3) is 0 Å². The summed E-state index contributed by atoms with van der Waals surface area (Å²) >= 11 is 0. The number of carbonyl (C=O) groups is 2. The van der Waals surface area contributed by atoms with Gasteiger partial charge in [-0.15, -0.1) is 0 Å². The average Bonchev–Trinajstić information content (AvgIpc) is 3.30. The lowest BCUT2D eigenvalue weighted by Crippen LogP contribution is -2.26. The average molecular weight is 444 g/mol. The molecule has 2 aromatic heterocycles. The molecule has 0 radical (unpaired) electrons. The van der Waals surface area contributed by atoms with Gasteiger partial charge in [0, 0.05) is 41.6 Å². The Morgan fingerprint density at radius 3 is 2.91 bits per heavy atom. The summed E-state index contributed by atoms with van der Waals surface area (Å²) in [6, 6.07) is 9.50. The summed E-state index contributed by atoms with van der Waals surface area (Å²) in [5, 5.41) is 13.2. The number of nitrogens with zero attached hydrogens (tertiary/aromatic N) is 1. The highest BCUT2D eigenvalue weighted by atomic mass is 16.5. The van der Waals surface area contributed by atoms with Crippen molar-refractivity contribution in [2.45, 2.75) is 32.6 Å². The van der Waals surface area contributed by atoms with Crippen molar-refractivity contribution in [1.29, 1.82) is 0 Å². The Balaban J connectivity index is 1.49. The number of aliphatic hydroxyl groups excluding tert-OH is 1. The largest absolute Gasteiger partial charge is 0.436 e. The maximum Gasteiger partial charge on any atom is 0.237 e. The monoisotopic (exact) mass is 443 g/mol. The molecule has 7 nitrogen and oxygen atoms in total. The topological polar surface area (TPSA) is 104 Å². The Hall–Kier alpha value is -3.71. The molecule has 0 amide bonds. The van der Waals surface area contributed by atoms with Crippen molar-refractivity contribution in [3.05, 3.63) is 76.6 Å². The van der Waals surface area contributed by atoms with Gasteiger partial charge in [0.2, 0.25) is 11.7 Å². The molecule has 1 saturated carbocycles. The Bertz CT molecular complexity index is 1310. The van der Waals surface area contributed by atoms with E-state index < -0.39 is 5.78 Å². The van der Waals surface area contributed by atoms with Crippen LogP contribution < -0.4 is 5.32 Å². The van der Waals surface area contributed by atoms with E-state index in [-0.39, 0.29) is 35.5 Å². The minimum absolute atomic E-state index is 0.0759. The number of aromatic nitrogens is 2. The van der Waals surface area contributed by atoms with E-state index in [2.05, 4.69) is 15.3 Å². The van der Waals surface area contributed by atoms with Crippen molar-refractivity contribution < 1.29 is 19.4 Å². The fourth-order valence-corrected chi connectivity index (χ4v) is 4.23. The van der Waals surface area contributed by atoms with Crippen molar-refractivity contribution in [2.75, 3.05) is 11.9 Å². The number of carbonyl (C=O) groups excluding carboxylic acids is 2. The molecule has 3 N–H and O–H groups in total. The molecule has 3 aromatic rings. The molecule has 0 atom stereocenters. The molecule has 1 aliphatic carbocycles. The second kappa shape index (κ2) is 8.67. The van der Waals surface area contributed by atoms with E-state index in [0.717, 1.165) is 47.0 Å². The number of ether oxygens (including phenoxy) is 1. The molecule has 2 aliphatic rings. The second-order valence-corrected chi connectivity index (χ2v) is 8.53. The third-order valence-corrected chi connectivity index (χ3v) is 6.32. The first-order valence-corrected chi connectivity index (χ1v) is 11.2. The minimum Gasteiger partial charge on any atom is -0.436 e. The van der Waals surface area contributed by atoms with E-state index in [1.165, 1.54) is 0 Å². The third-order valence-electron chi connectivity index (χ3n) is 6.32. The van der Waals surface area contributed by atoms with Gasteiger partial charge in [-0.05, 0) is 61.6 Å². The highest BCUT2D eigenvalue weighted by Crippen LogP contribution is 2.36. The Labute approximate surface area is 191 Å². The van der Waals surface area contributed by atoms with Crippen LogP contribution in [-0.2, 0) is 20.7 Å². The van der Waals surface area contributed by atoms with Crippen molar-refractivity contribution in [3.63, 3.8) is 0 Å². The summed E-state index contributed by atoms with van der Waals surface area (Å²) in [5.74, 6) is -0.401. The van der Waals surface area contributed by atoms with E-state index in [9.17, 15) is 14.7 Å². The van der Waals surface area contributed by atoms with Crippen LogP contribution in [0.15, 0.2) is 59.9 Å². The van der Waals surface area contributed by atoms with Gasteiger partial charge in [-0.25, -0.2) is 4.98 Å². The van der Waals surface area contributed by atoms with Crippen LogP contribution in [0.1, 0.15) is 36.0 Å². The van der Waals surface area contributed by atoms with E-state index >= 15 is 0 Å². The second-order valence-electron chi connectivity index (χ2n) is 8.53. The number of hydrogen-bond acceptors (Lipinski definition) is 6. The van der Waals surface area contributed by atoms with Gasteiger partial charge in [-0.3, -0.25) is 9.59 Å². The number of aryl methyl sites for hydroxylation is 1. The number of rotatable bonds is 7. The van der Waals surface area contributed by atoms with Crippen LogP contribution in [-0.4, -0.2) is 33.2 Å². The number of ketones is 2. The van der Waals surface area contributed by atoms with Crippen LogP contribution in [0.2, 0.25) is 0 Å². The zero-order valence-electron chi connectivity index (χ0n) is 18.4. The molecule has 0 saturated heterocycles. The summed E-state index contributed by atoms with van der Waals surface area (Å²) in [5.41, 5.74) is 4.25. The predicted octanol–water partition coefficient (Wildman–Crippen LogP) is 4.04. The normalized spacial score (nSPS) is 17.5. The predicted molar refractivity (Wildman–Crippen MR) is 125 cm³/mol. The number of allylic oxidation sites excluding steroid dienone is 1. The van der Waals surface area contributed by atoms with E-state index in [0.29, 0.717) is 12.1 Å². The number of H-pyrrole nitrogens is 1. The first kappa shape index (κ1) is 21.2. The quantitative estimate of drug-likeness (QED) is 0.376. The molecule has 5 rings (SSSR count). The number of benzene rings is 1. The molecule has 0 bridgehead atoms. The van der Waals surface area contributed by atoms with Crippen LogP contribution in [0.25, 0.3) is 17.1 Å². The minimum atomic E-state index is -0.401. The Morgan fingerprint density at radius 1 is 1.33 bits per heavy atom. The summed E-state index contributed by atoms with van der Waals surface area (Å²) < 4.78 is 5.97. The van der Waals surface area contributed by atoms with Gasteiger partial charge >= 0.3 is 0 Å². The van der Waals surface area contributed by atoms with Gasteiger partial charge in [0.15, 0.2) is 11.5 Å². The van der Waals surface area contributed by atoms with Crippen molar-refractivity contribution in [3.8, 4) is 0 Å². The van der Waals surface area contributed by atoms with E-state index in [1.54, 1.807) is 18.5 Å². The number of fused-ring (bicyclic) bond motifs is 1. The smallest absolute Gasteiger partial charge is 0.237 e. The molecular weight excluding hydrogens is 418 g/mol. The number of nitrogens with one attached hydrogen (secondary N) is 2. The molecular formula is C26H25N3O4. The number of pyridine rings is 1. The van der Waals surface area contributed by atoms with Crippen LogP contribution in [0.3, 0.4) is 0 Å². The third kappa shape index (κ3) is 3.96. The number of aromatic amines is 1. The molecule has 1 fully saturated rings. The molecule has 0 spiro atoms.